The minimum Gasteiger partial charge on any atom is -0.386 e. The average molecular weight is 227 g/mol. The summed E-state index contributed by atoms with van der Waals surface area (Å²) in [5.41, 5.74) is -0.593. The van der Waals surface area contributed by atoms with E-state index in [2.05, 4.69) is 5.32 Å². The van der Waals surface area contributed by atoms with Crippen molar-refractivity contribution >= 4 is 0 Å². The fourth-order valence-electron chi connectivity index (χ4n) is 2.81. The second-order valence-electron chi connectivity index (χ2n) is 5.52. The Balaban J connectivity index is 1.62. The predicted octanol–water partition coefficient (Wildman–Crippen LogP) is 1.70. The van der Waals surface area contributed by atoms with E-state index in [1.165, 1.54) is 38.5 Å². The smallest absolute Gasteiger partial charge is 0.102 e. The zero-order chi connectivity index (χ0) is 11.3. The topological polar surface area (TPSA) is 41.5 Å². The second kappa shape index (κ2) is 5.99. The molecule has 0 radical (unpaired) electrons. The fraction of sp³-hybridized carbons (Fsp3) is 1.00. The predicted molar refractivity (Wildman–Crippen MR) is 64.4 cm³/mol. The number of ether oxygens (including phenoxy) is 1. The summed E-state index contributed by atoms with van der Waals surface area (Å²) in [5.74, 6) is 0.827. The van der Waals surface area contributed by atoms with Gasteiger partial charge >= 0.3 is 0 Å². The molecule has 94 valence electrons. The highest BCUT2D eigenvalue weighted by Gasteiger charge is 2.31. The zero-order valence-corrected chi connectivity index (χ0v) is 10.2. The third kappa shape index (κ3) is 3.72. The number of nitrogens with one attached hydrogen (secondary N) is 1. The van der Waals surface area contributed by atoms with Crippen LogP contribution >= 0.6 is 0 Å². The van der Waals surface area contributed by atoms with Gasteiger partial charge in [-0.1, -0.05) is 25.7 Å². The van der Waals surface area contributed by atoms with Gasteiger partial charge in [-0.2, -0.15) is 0 Å². The SMILES string of the molecule is OC1(CNCC2CCCCCC2)CCOC1. The van der Waals surface area contributed by atoms with Gasteiger partial charge in [-0.05, 0) is 25.3 Å². The van der Waals surface area contributed by atoms with E-state index in [-0.39, 0.29) is 0 Å². The van der Waals surface area contributed by atoms with E-state index in [0.717, 1.165) is 18.9 Å². The first-order chi connectivity index (χ1) is 7.79. The van der Waals surface area contributed by atoms with Crippen molar-refractivity contribution in [2.45, 2.75) is 50.5 Å². The molecule has 1 aliphatic carbocycles. The number of rotatable bonds is 4. The summed E-state index contributed by atoms with van der Waals surface area (Å²) in [4.78, 5) is 0. The molecule has 1 saturated heterocycles. The maximum atomic E-state index is 10.1. The van der Waals surface area contributed by atoms with Crippen molar-refractivity contribution in [1.29, 1.82) is 0 Å². The lowest BCUT2D eigenvalue weighted by atomic mass is 9.99. The molecule has 0 aromatic heterocycles. The summed E-state index contributed by atoms with van der Waals surface area (Å²) >= 11 is 0. The van der Waals surface area contributed by atoms with Crippen LogP contribution in [0.2, 0.25) is 0 Å². The molecule has 2 fully saturated rings. The molecule has 0 aromatic rings. The van der Waals surface area contributed by atoms with E-state index in [0.29, 0.717) is 19.8 Å². The van der Waals surface area contributed by atoms with Crippen molar-refractivity contribution in [2.24, 2.45) is 5.92 Å². The quantitative estimate of drug-likeness (QED) is 0.718. The van der Waals surface area contributed by atoms with Crippen LogP contribution < -0.4 is 5.32 Å². The van der Waals surface area contributed by atoms with Crippen molar-refractivity contribution in [3.05, 3.63) is 0 Å². The van der Waals surface area contributed by atoms with Crippen LogP contribution in [0.4, 0.5) is 0 Å². The minimum atomic E-state index is -0.593. The summed E-state index contributed by atoms with van der Waals surface area (Å²) in [7, 11) is 0. The molecule has 2 rings (SSSR count). The van der Waals surface area contributed by atoms with Crippen molar-refractivity contribution in [3.63, 3.8) is 0 Å². The maximum Gasteiger partial charge on any atom is 0.102 e. The molecule has 0 aromatic carbocycles. The van der Waals surface area contributed by atoms with Crippen molar-refractivity contribution in [2.75, 3.05) is 26.3 Å². The van der Waals surface area contributed by atoms with E-state index in [1.54, 1.807) is 0 Å². The van der Waals surface area contributed by atoms with E-state index < -0.39 is 5.60 Å². The third-order valence-corrected chi connectivity index (χ3v) is 3.94. The van der Waals surface area contributed by atoms with Crippen LogP contribution in [0, 0.1) is 5.92 Å². The zero-order valence-electron chi connectivity index (χ0n) is 10.2. The average Bonchev–Trinajstić information content (AvgIpc) is 2.53. The Morgan fingerprint density at radius 2 is 1.94 bits per heavy atom. The van der Waals surface area contributed by atoms with Crippen LogP contribution in [-0.2, 0) is 4.74 Å². The monoisotopic (exact) mass is 227 g/mol. The molecule has 3 nitrogen and oxygen atoms in total. The lowest BCUT2D eigenvalue weighted by Crippen LogP contribution is -2.42. The van der Waals surface area contributed by atoms with Gasteiger partial charge in [0.25, 0.3) is 0 Å². The second-order valence-corrected chi connectivity index (χ2v) is 5.52. The van der Waals surface area contributed by atoms with Crippen molar-refractivity contribution < 1.29 is 9.84 Å². The summed E-state index contributed by atoms with van der Waals surface area (Å²) < 4.78 is 5.23. The standard InChI is InChI=1S/C13H25NO2/c15-13(7-8-16-11-13)10-14-9-12-5-3-1-2-4-6-12/h12,14-15H,1-11H2. The minimum absolute atomic E-state index is 0.505. The van der Waals surface area contributed by atoms with E-state index in [1.807, 2.05) is 0 Å². The van der Waals surface area contributed by atoms with Gasteiger partial charge in [0.15, 0.2) is 0 Å². The van der Waals surface area contributed by atoms with Crippen LogP contribution in [-0.4, -0.2) is 37.0 Å². The summed E-state index contributed by atoms with van der Waals surface area (Å²) in [6, 6.07) is 0. The summed E-state index contributed by atoms with van der Waals surface area (Å²) in [6.07, 6.45) is 9.11. The van der Waals surface area contributed by atoms with Crippen LogP contribution in [0.3, 0.4) is 0 Å². The van der Waals surface area contributed by atoms with Gasteiger partial charge in [0, 0.05) is 19.6 Å². The Bertz CT molecular complexity index is 194. The lowest BCUT2D eigenvalue weighted by molar-refractivity contribution is 0.0263. The number of aliphatic hydroxyl groups is 1. The van der Waals surface area contributed by atoms with Crippen LogP contribution in [0.15, 0.2) is 0 Å². The maximum absolute atomic E-state index is 10.1. The molecule has 1 heterocycles. The molecule has 0 bridgehead atoms. The van der Waals surface area contributed by atoms with Crippen LogP contribution in [0.25, 0.3) is 0 Å². The highest BCUT2D eigenvalue weighted by Crippen LogP contribution is 2.22. The Morgan fingerprint density at radius 1 is 1.19 bits per heavy atom. The van der Waals surface area contributed by atoms with Gasteiger partial charge in [-0.15, -0.1) is 0 Å². The van der Waals surface area contributed by atoms with Gasteiger partial charge in [-0.3, -0.25) is 0 Å². The first-order valence-corrected chi connectivity index (χ1v) is 6.79. The Morgan fingerprint density at radius 3 is 2.56 bits per heavy atom. The van der Waals surface area contributed by atoms with Gasteiger partial charge in [0.2, 0.25) is 0 Å². The van der Waals surface area contributed by atoms with E-state index in [9.17, 15) is 5.11 Å². The molecule has 3 heteroatoms. The first-order valence-electron chi connectivity index (χ1n) is 6.79. The molecule has 1 saturated carbocycles. The van der Waals surface area contributed by atoms with E-state index >= 15 is 0 Å². The Labute approximate surface area is 98.6 Å². The highest BCUT2D eigenvalue weighted by atomic mass is 16.5. The highest BCUT2D eigenvalue weighted by molar-refractivity contribution is 4.85. The largest absolute Gasteiger partial charge is 0.386 e. The molecule has 1 aliphatic heterocycles. The van der Waals surface area contributed by atoms with Crippen molar-refractivity contribution in [1.82, 2.24) is 5.32 Å². The number of hydrogen-bond acceptors (Lipinski definition) is 3. The van der Waals surface area contributed by atoms with Crippen LogP contribution in [0.1, 0.15) is 44.9 Å². The molecule has 16 heavy (non-hydrogen) atoms. The molecule has 0 amide bonds. The Hall–Kier alpha value is -0.120. The van der Waals surface area contributed by atoms with Gasteiger partial charge in [-0.25, -0.2) is 0 Å². The summed E-state index contributed by atoms with van der Waals surface area (Å²) in [5, 5.41) is 13.5. The lowest BCUT2D eigenvalue weighted by Gasteiger charge is -2.23. The molecule has 1 atom stereocenters. The Kier molecular flexibility index (Phi) is 4.62. The number of hydrogen-bond donors (Lipinski definition) is 2. The first kappa shape index (κ1) is 12.3. The van der Waals surface area contributed by atoms with Gasteiger partial charge < -0.3 is 15.2 Å². The molecular formula is C13H25NO2. The molecule has 0 spiro atoms. The molecule has 2 aliphatic rings. The normalized spacial score (nSPS) is 32.8. The molecular weight excluding hydrogens is 202 g/mol. The molecule has 1 unspecified atom stereocenters. The van der Waals surface area contributed by atoms with Gasteiger partial charge in [0.05, 0.1) is 6.61 Å². The fourth-order valence-corrected chi connectivity index (χ4v) is 2.81. The van der Waals surface area contributed by atoms with Gasteiger partial charge in [0.1, 0.15) is 5.60 Å². The molecule has 2 N–H and O–H groups in total. The third-order valence-electron chi connectivity index (χ3n) is 3.94. The van der Waals surface area contributed by atoms with E-state index in [4.69, 9.17) is 4.74 Å². The summed E-state index contributed by atoms with van der Waals surface area (Å²) in [6.45, 7) is 2.98. The van der Waals surface area contributed by atoms with Crippen molar-refractivity contribution in [3.8, 4) is 0 Å². The van der Waals surface area contributed by atoms with Crippen LogP contribution in [0.5, 0.6) is 0 Å².